The molecule has 1 aromatic heterocycles. The van der Waals surface area contributed by atoms with Gasteiger partial charge < -0.3 is 4.74 Å². The third-order valence-electron chi connectivity index (χ3n) is 3.73. The molecule has 2 unspecified atom stereocenters. The molecule has 1 aromatic carbocycles. The molecule has 0 radical (unpaired) electrons. The lowest BCUT2D eigenvalue weighted by molar-refractivity contribution is -0.0707. The fourth-order valence-electron chi connectivity index (χ4n) is 2.85. The van der Waals surface area contributed by atoms with Crippen LogP contribution in [0.5, 0.6) is 0 Å². The largest absolute Gasteiger partial charge is 0.373 e. The molecule has 3 rings (SSSR count). The smallest absolute Gasteiger partial charge is 0.123 e. The second kappa shape index (κ2) is 6.26. The van der Waals surface area contributed by atoms with Crippen LogP contribution in [0.1, 0.15) is 25.1 Å². The Hall–Kier alpha value is -1.23. The van der Waals surface area contributed by atoms with Gasteiger partial charge in [0.2, 0.25) is 0 Å². The molecule has 2 aromatic rings. The van der Waals surface area contributed by atoms with Gasteiger partial charge in [0.25, 0.3) is 0 Å². The zero-order valence-corrected chi connectivity index (χ0v) is 13.7. The summed E-state index contributed by atoms with van der Waals surface area (Å²) >= 11 is 1.73. The van der Waals surface area contributed by atoms with E-state index >= 15 is 0 Å². The van der Waals surface area contributed by atoms with E-state index in [1.807, 2.05) is 0 Å². The molecule has 0 aliphatic carbocycles. The van der Waals surface area contributed by atoms with E-state index in [1.54, 1.807) is 11.3 Å². The Balaban J connectivity index is 1.69. The van der Waals surface area contributed by atoms with Crippen LogP contribution in [0.25, 0.3) is 10.6 Å². The number of benzene rings is 1. The predicted octanol–water partition coefficient (Wildman–Crippen LogP) is 3.73. The highest BCUT2D eigenvalue weighted by Crippen LogP contribution is 2.25. The van der Waals surface area contributed by atoms with Crippen LogP contribution in [0.2, 0.25) is 0 Å². The summed E-state index contributed by atoms with van der Waals surface area (Å²) in [5.41, 5.74) is 3.66. The number of ether oxygens (including phenoxy) is 1. The van der Waals surface area contributed by atoms with Crippen molar-refractivity contribution in [2.24, 2.45) is 0 Å². The molecule has 0 spiro atoms. The summed E-state index contributed by atoms with van der Waals surface area (Å²) in [5, 5.41) is 3.29. The third-order valence-corrected chi connectivity index (χ3v) is 4.67. The van der Waals surface area contributed by atoms with Gasteiger partial charge in [0.1, 0.15) is 5.01 Å². The van der Waals surface area contributed by atoms with Crippen LogP contribution >= 0.6 is 11.3 Å². The van der Waals surface area contributed by atoms with Crippen LogP contribution in [0, 0.1) is 6.92 Å². The van der Waals surface area contributed by atoms with Crippen LogP contribution in [0.4, 0.5) is 0 Å². The molecule has 0 bridgehead atoms. The molecule has 2 heterocycles. The molecular weight excluding hydrogens is 280 g/mol. The number of thiazole rings is 1. The quantitative estimate of drug-likeness (QED) is 0.864. The van der Waals surface area contributed by atoms with Crippen LogP contribution < -0.4 is 0 Å². The fraction of sp³-hybridized carbons (Fsp3) is 0.471. The highest BCUT2D eigenvalue weighted by Gasteiger charge is 2.22. The van der Waals surface area contributed by atoms with Crippen molar-refractivity contribution in [3.05, 3.63) is 40.9 Å². The summed E-state index contributed by atoms with van der Waals surface area (Å²) in [5.74, 6) is 0. The lowest BCUT2D eigenvalue weighted by Crippen LogP contribution is -2.44. The number of hydrogen-bond acceptors (Lipinski definition) is 4. The normalized spacial score (nSPS) is 23.4. The van der Waals surface area contributed by atoms with E-state index in [0.717, 1.165) is 30.3 Å². The molecule has 1 aliphatic heterocycles. The van der Waals surface area contributed by atoms with E-state index in [1.165, 1.54) is 11.1 Å². The minimum Gasteiger partial charge on any atom is -0.373 e. The van der Waals surface area contributed by atoms with E-state index in [2.05, 4.69) is 55.3 Å². The van der Waals surface area contributed by atoms with Gasteiger partial charge >= 0.3 is 0 Å². The highest BCUT2D eigenvalue weighted by atomic mass is 32.1. The number of aryl methyl sites for hydroxylation is 1. The predicted molar refractivity (Wildman–Crippen MR) is 87.6 cm³/mol. The van der Waals surface area contributed by atoms with Gasteiger partial charge in [-0.3, -0.25) is 4.90 Å². The lowest BCUT2D eigenvalue weighted by atomic mass is 10.2. The molecule has 21 heavy (non-hydrogen) atoms. The SMILES string of the molecule is Cc1ccc(-c2nc(CN3CC(C)OC(C)C3)cs2)cc1. The minimum absolute atomic E-state index is 0.309. The first-order valence-corrected chi connectivity index (χ1v) is 8.37. The average molecular weight is 302 g/mol. The van der Waals surface area contributed by atoms with Crippen molar-refractivity contribution >= 4 is 11.3 Å². The molecule has 3 nitrogen and oxygen atoms in total. The van der Waals surface area contributed by atoms with Crippen LogP contribution in [0.3, 0.4) is 0 Å². The van der Waals surface area contributed by atoms with Gasteiger partial charge in [0.15, 0.2) is 0 Å². The van der Waals surface area contributed by atoms with E-state index < -0.39 is 0 Å². The topological polar surface area (TPSA) is 25.4 Å². The van der Waals surface area contributed by atoms with Gasteiger partial charge in [-0.1, -0.05) is 29.8 Å². The van der Waals surface area contributed by atoms with Crippen LogP contribution in [-0.4, -0.2) is 35.2 Å². The van der Waals surface area contributed by atoms with Crippen molar-refractivity contribution < 1.29 is 4.74 Å². The Morgan fingerprint density at radius 2 is 1.86 bits per heavy atom. The molecule has 1 aliphatic rings. The second-order valence-corrected chi connectivity index (χ2v) is 6.82. The first kappa shape index (κ1) is 14.7. The number of nitrogens with zero attached hydrogens (tertiary/aromatic N) is 2. The molecule has 1 fully saturated rings. The molecule has 0 saturated carbocycles. The summed E-state index contributed by atoms with van der Waals surface area (Å²) in [6, 6.07) is 8.58. The molecule has 4 heteroatoms. The number of morpholine rings is 1. The second-order valence-electron chi connectivity index (χ2n) is 5.96. The van der Waals surface area contributed by atoms with E-state index in [0.29, 0.717) is 12.2 Å². The number of aromatic nitrogens is 1. The van der Waals surface area contributed by atoms with Crippen molar-refractivity contribution in [1.29, 1.82) is 0 Å². The summed E-state index contributed by atoms with van der Waals surface area (Å²) in [7, 11) is 0. The van der Waals surface area contributed by atoms with Crippen molar-refractivity contribution in [3.63, 3.8) is 0 Å². The molecule has 0 N–H and O–H groups in total. The highest BCUT2D eigenvalue weighted by molar-refractivity contribution is 7.13. The fourth-order valence-corrected chi connectivity index (χ4v) is 3.67. The maximum Gasteiger partial charge on any atom is 0.123 e. The van der Waals surface area contributed by atoms with Crippen LogP contribution in [-0.2, 0) is 11.3 Å². The maximum atomic E-state index is 5.78. The van der Waals surface area contributed by atoms with Crippen molar-refractivity contribution in [3.8, 4) is 10.6 Å². The average Bonchev–Trinajstić information content (AvgIpc) is 2.87. The first-order chi connectivity index (χ1) is 10.1. The number of hydrogen-bond donors (Lipinski definition) is 0. The Morgan fingerprint density at radius 1 is 1.19 bits per heavy atom. The zero-order chi connectivity index (χ0) is 14.8. The first-order valence-electron chi connectivity index (χ1n) is 7.49. The Kier molecular flexibility index (Phi) is 4.38. The van der Waals surface area contributed by atoms with E-state index in [4.69, 9.17) is 9.72 Å². The van der Waals surface area contributed by atoms with Crippen LogP contribution in [0.15, 0.2) is 29.6 Å². The summed E-state index contributed by atoms with van der Waals surface area (Å²) in [6.45, 7) is 9.28. The molecule has 112 valence electrons. The van der Waals surface area contributed by atoms with Gasteiger partial charge in [-0.15, -0.1) is 11.3 Å². The summed E-state index contributed by atoms with van der Waals surface area (Å²) in [6.07, 6.45) is 0.618. The maximum absolute atomic E-state index is 5.78. The Morgan fingerprint density at radius 3 is 2.52 bits per heavy atom. The van der Waals surface area contributed by atoms with Gasteiger partial charge in [-0.05, 0) is 20.8 Å². The van der Waals surface area contributed by atoms with Gasteiger partial charge in [0.05, 0.1) is 17.9 Å². The van der Waals surface area contributed by atoms with Gasteiger partial charge in [0, 0.05) is 30.6 Å². The van der Waals surface area contributed by atoms with Crippen molar-refractivity contribution in [1.82, 2.24) is 9.88 Å². The molecule has 2 atom stereocenters. The lowest BCUT2D eigenvalue weighted by Gasteiger charge is -2.34. The minimum atomic E-state index is 0.309. The third kappa shape index (κ3) is 3.70. The number of rotatable bonds is 3. The zero-order valence-electron chi connectivity index (χ0n) is 12.9. The summed E-state index contributed by atoms with van der Waals surface area (Å²) < 4.78 is 5.78. The van der Waals surface area contributed by atoms with Crippen molar-refractivity contribution in [2.45, 2.75) is 39.5 Å². The monoisotopic (exact) mass is 302 g/mol. The Labute approximate surface area is 130 Å². The molecule has 0 amide bonds. The molecule has 1 saturated heterocycles. The summed E-state index contributed by atoms with van der Waals surface area (Å²) in [4.78, 5) is 7.23. The Bertz CT molecular complexity index is 583. The van der Waals surface area contributed by atoms with E-state index in [-0.39, 0.29) is 0 Å². The van der Waals surface area contributed by atoms with Crippen molar-refractivity contribution in [2.75, 3.05) is 13.1 Å². The van der Waals surface area contributed by atoms with E-state index in [9.17, 15) is 0 Å². The molecular formula is C17H22N2OS. The standard InChI is InChI=1S/C17H22N2OS/c1-12-4-6-15(7-5-12)17-18-16(11-21-17)10-19-8-13(2)20-14(3)9-19/h4-7,11,13-14H,8-10H2,1-3H3. The van der Waals surface area contributed by atoms with Gasteiger partial charge in [-0.2, -0.15) is 0 Å². The van der Waals surface area contributed by atoms with Gasteiger partial charge in [-0.25, -0.2) is 4.98 Å².